The van der Waals surface area contributed by atoms with Crippen LogP contribution in [0.2, 0.25) is 0 Å². The van der Waals surface area contributed by atoms with Crippen LogP contribution in [0.15, 0.2) is 0 Å². The summed E-state index contributed by atoms with van der Waals surface area (Å²) < 4.78 is 5.22. The fourth-order valence-corrected chi connectivity index (χ4v) is 3.83. The van der Waals surface area contributed by atoms with E-state index in [-0.39, 0.29) is 5.54 Å². The van der Waals surface area contributed by atoms with Crippen molar-refractivity contribution in [2.45, 2.75) is 64.0 Å². The standard InChI is InChI=1S/C16H32N2O/c1-16(2)13-18(10-7-11-19-3)15(12-17-16)14-8-5-4-6-9-14/h14-15,17H,4-13H2,1-3H3. The minimum absolute atomic E-state index is 0.262. The van der Waals surface area contributed by atoms with E-state index in [2.05, 4.69) is 24.1 Å². The molecule has 0 radical (unpaired) electrons. The first-order valence-corrected chi connectivity index (χ1v) is 8.10. The van der Waals surface area contributed by atoms with Gasteiger partial charge in [0.1, 0.15) is 0 Å². The van der Waals surface area contributed by atoms with E-state index in [1.807, 2.05) is 0 Å². The summed E-state index contributed by atoms with van der Waals surface area (Å²) >= 11 is 0. The van der Waals surface area contributed by atoms with Crippen molar-refractivity contribution in [1.82, 2.24) is 10.2 Å². The van der Waals surface area contributed by atoms with Crippen LogP contribution in [0.25, 0.3) is 0 Å². The summed E-state index contributed by atoms with van der Waals surface area (Å²) in [7, 11) is 1.81. The number of nitrogens with zero attached hydrogens (tertiary/aromatic N) is 1. The maximum absolute atomic E-state index is 5.22. The second-order valence-corrected chi connectivity index (χ2v) is 7.05. The zero-order chi connectivity index (χ0) is 13.7. The third kappa shape index (κ3) is 4.44. The minimum Gasteiger partial charge on any atom is -0.385 e. The molecule has 1 aliphatic carbocycles. The summed E-state index contributed by atoms with van der Waals surface area (Å²) in [5.74, 6) is 0.917. The lowest BCUT2D eigenvalue weighted by atomic mass is 9.81. The third-order valence-electron chi connectivity index (χ3n) is 4.84. The highest BCUT2D eigenvalue weighted by atomic mass is 16.5. The van der Waals surface area contributed by atoms with E-state index in [4.69, 9.17) is 4.74 Å². The zero-order valence-electron chi connectivity index (χ0n) is 13.1. The molecule has 0 aromatic rings. The second kappa shape index (κ2) is 7.05. The molecule has 1 saturated heterocycles. The maximum atomic E-state index is 5.22. The molecule has 1 heterocycles. The Labute approximate surface area is 119 Å². The molecular weight excluding hydrogens is 236 g/mol. The van der Waals surface area contributed by atoms with Gasteiger partial charge in [0.25, 0.3) is 0 Å². The molecule has 1 saturated carbocycles. The van der Waals surface area contributed by atoms with Gasteiger partial charge in [-0.15, -0.1) is 0 Å². The normalized spacial score (nSPS) is 29.5. The van der Waals surface area contributed by atoms with Crippen molar-refractivity contribution in [3.05, 3.63) is 0 Å². The Bertz CT molecular complexity index is 261. The number of nitrogens with one attached hydrogen (secondary N) is 1. The fourth-order valence-electron chi connectivity index (χ4n) is 3.83. The van der Waals surface area contributed by atoms with Crippen molar-refractivity contribution in [2.75, 3.05) is 33.4 Å². The van der Waals surface area contributed by atoms with Gasteiger partial charge in [-0.25, -0.2) is 0 Å². The van der Waals surface area contributed by atoms with E-state index in [0.29, 0.717) is 0 Å². The van der Waals surface area contributed by atoms with Crippen LogP contribution in [-0.2, 0) is 4.74 Å². The summed E-state index contributed by atoms with van der Waals surface area (Å²) in [4.78, 5) is 2.74. The van der Waals surface area contributed by atoms with Crippen LogP contribution >= 0.6 is 0 Å². The number of piperazine rings is 1. The molecule has 2 rings (SSSR count). The second-order valence-electron chi connectivity index (χ2n) is 7.05. The highest BCUT2D eigenvalue weighted by Crippen LogP contribution is 2.31. The topological polar surface area (TPSA) is 24.5 Å². The van der Waals surface area contributed by atoms with Gasteiger partial charge in [0.15, 0.2) is 0 Å². The quantitative estimate of drug-likeness (QED) is 0.776. The summed E-state index contributed by atoms with van der Waals surface area (Å²) in [6.07, 6.45) is 8.37. The van der Waals surface area contributed by atoms with Crippen LogP contribution in [0, 0.1) is 5.92 Å². The van der Waals surface area contributed by atoms with E-state index in [0.717, 1.165) is 25.0 Å². The van der Waals surface area contributed by atoms with Crippen LogP contribution in [0.3, 0.4) is 0 Å². The van der Waals surface area contributed by atoms with Gasteiger partial charge in [0.2, 0.25) is 0 Å². The Morgan fingerprint density at radius 3 is 2.63 bits per heavy atom. The molecule has 3 nitrogen and oxygen atoms in total. The predicted octanol–water partition coefficient (Wildman–Crippen LogP) is 2.66. The Hall–Kier alpha value is -0.120. The average Bonchev–Trinajstić information content (AvgIpc) is 2.39. The number of methoxy groups -OCH3 is 1. The SMILES string of the molecule is COCCCN1CC(C)(C)NCC1C1CCCCC1. The molecular formula is C16H32N2O. The van der Waals surface area contributed by atoms with Crippen LogP contribution in [-0.4, -0.2) is 49.8 Å². The predicted molar refractivity (Wildman–Crippen MR) is 80.5 cm³/mol. The van der Waals surface area contributed by atoms with Crippen LogP contribution in [0.1, 0.15) is 52.4 Å². The molecule has 0 spiro atoms. The Morgan fingerprint density at radius 1 is 1.21 bits per heavy atom. The molecule has 1 atom stereocenters. The van der Waals surface area contributed by atoms with Crippen molar-refractivity contribution in [3.63, 3.8) is 0 Å². The summed E-state index contributed by atoms with van der Waals surface area (Å²) in [6, 6.07) is 0.755. The molecule has 3 heteroatoms. The molecule has 0 aromatic carbocycles. The Kier molecular flexibility index (Phi) is 5.67. The highest BCUT2D eigenvalue weighted by Gasteiger charge is 2.36. The third-order valence-corrected chi connectivity index (χ3v) is 4.84. The van der Waals surface area contributed by atoms with Gasteiger partial charge in [-0.05, 0) is 39.0 Å². The van der Waals surface area contributed by atoms with E-state index in [1.54, 1.807) is 7.11 Å². The number of ether oxygens (including phenoxy) is 1. The van der Waals surface area contributed by atoms with Gasteiger partial charge in [0.05, 0.1) is 0 Å². The molecule has 112 valence electrons. The van der Waals surface area contributed by atoms with Gasteiger partial charge >= 0.3 is 0 Å². The molecule has 1 unspecified atom stereocenters. The van der Waals surface area contributed by atoms with Crippen molar-refractivity contribution < 1.29 is 4.74 Å². The van der Waals surface area contributed by atoms with Gasteiger partial charge in [-0.1, -0.05) is 19.3 Å². The number of rotatable bonds is 5. The lowest BCUT2D eigenvalue weighted by Crippen LogP contribution is -2.63. The summed E-state index contributed by atoms with van der Waals surface area (Å²) in [6.45, 7) is 9.09. The first-order chi connectivity index (χ1) is 9.12. The monoisotopic (exact) mass is 268 g/mol. The van der Waals surface area contributed by atoms with Crippen molar-refractivity contribution in [3.8, 4) is 0 Å². The highest BCUT2D eigenvalue weighted by molar-refractivity contribution is 4.95. The van der Waals surface area contributed by atoms with Crippen LogP contribution < -0.4 is 5.32 Å². The minimum atomic E-state index is 0.262. The Morgan fingerprint density at radius 2 is 1.95 bits per heavy atom. The lowest BCUT2D eigenvalue weighted by molar-refractivity contribution is 0.0412. The lowest BCUT2D eigenvalue weighted by Gasteiger charge is -2.48. The van der Waals surface area contributed by atoms with Gasteiger partial charge in [0, 0.05) is 44.9 Å². The smallest absolute Gasteiger partial charge is 0.0474 e. The molecule has 0 bridgehead atoms. The summed E-state index contributed by atoms with van der Waals surface area (Å²) in [5.41, 5.74) is 0.262. The summed E-state index contributed by atoms with van der Waals surface area (Å²) in [5, 5.41) is 3.75. The molecule has 1 aliphatic heterocycles. The molecule has 19 heavy (non-hydrogen) atoms. The molecule has 0 amide bonds. The van der Waals surface area contributed by atoms with E-state index in [1.165, 1.54) is 51.7 Å². The van der Waals surface area contributed by atoms with E-state index < -0.39 is 0 Å². The fraction of sp³-hybridized carbons (Fsp3) is 1.00. The first-order valence-electron chi connectivity index (χ1n) is 8.10. The van der Waals surface area contributed by atoms with E-state index in [9.17, 15) is 0 Å². The first kappa shape index (κ1) is 15.3. The largest absolute Gasteiger partial charge is 0.385 e. The molecule has 0 aromatic heterocycles. The van der Waals surface area contributed by atoms with Crippen molar-refractivity contribution >= 4 is 0 Å². The number of hydrogen-bond donors (Lipinski definition) is 1. The van der Waals surface area contributed by atoms with E-state index >= 15 is 0 Å². The zero-order valence-corrected chi connectivity index (χ0v) is 13.1. The van der Waals surface area contributed by atoms with Gasteiger partial charge in [-0.3, -0.25) is 4.90 Å². The number of hydrogen-bond acceptors (Lipinski definition) is 3. The molecule has 2 aliphatic rings. The van der Waals surface area contributed by atoms with Crippen molar-refractivity contribution in [1.29, 1.82) is 0 Å². The molecule has 2 fully saturated rings. The Balaban J connectivity index is 1.93. The maximum Gasteiger partial charge on any atom is 0.0474 e. The van der Waals surface area contributed by atoms with Crippen LogP contribution in [0.5, 0.6) is 0 Å². The van der Waals surface area contributed by atoms with Gasteiger partial charge in [-0.2, -0.15) is 0 Å². The van der Waals surface area contributed by atoms with Crippen molar-refractivity contribution in [2.24, 2.45) is 5.92 Å². The average molecular weight is 268 g/mol. The molecule has 1 N–H and O–H groups in total. The van der Waals surface area contributed by atoms with Crippen LogP contribution in [0.4, 0.5) is 0 Å². The van der Waals surface area contributed by atoms with Gasteiger partial charge < -0.3 is 10.1 Å².